The smallest absolute Gasteiger partial charge is 0.323 e. The second kappa shape index (κ2) is 18.9. The zero-order valence-corrected chi connectivity index (χ0v) is 41.6. The highest BCUT2D eigenvalue weighted by Gasteiger charge is 2.52. The van der Waals surface area contributed by atoms with Gasteiger partial charge in [0.15, 0.2) is 0 Å². The number of thiazole rings is 1. The number of pyridine rings is 1. The molecule has 3 saturated heterocycles. The van der Waals surface area contributed by atoms with E-state index in [4.69, 9.17) is 19.4 Å². The minimum Gasteiger partial charge on any atom is -0.464 e. The molecule has 6 bridgehead atoms. The molecule has 5 amide bonds. The molecule has 7 heterocycles. The van der Waals surface area contributed by atoms with Gasteiger partial charge in [0.2, 0.25) is 11.8 Å². The number of rotatable bonds is 9. The van der Waals surface area contributed by atoms with E-state index in [0.717, 1.165) is 44.7 Å². The lowest BCUT2D eigenvalue weighted by Crippen LogP contribution is -2.69. The fourth-order valence-corrected chi connectivity index (χ4v) is 11.6. The maximum absolute atomic E-state index is 14.8. The molecule has 355 valence electrons. The van der Waals surface area contributed by atoms with Crippen molar-refractivity contribution in [1.82, 2.24) is 45.0 Å². The van der Waals surface area contributed by atoms with Crippen LogP contribution in [0.15, 0.2) is 54.6 Å². The highest BCUT2D eigenvalue weighted by atomic mass is 32.1. The van der Waals surface area contributed by atoms with E-state index in [9.17, 15) is 24.0 Å². The summed E-state index contributed by atoms with van der Waals surface area (Å²) in [4.78, 5) is 84.8. The lowest BCUT2D eigenvalue weighted by atomic mass is 9.84. The van der Waals surface area contributed by atoms with Crippen molar-refractivity contribution in [2.75, 3.05) is 40.4 Å². The van der Waals surface area contributed by atoms with Crippen molar-refractivity contribution in [3.05, 3.63) is 70.8 Å². The molecule has 67 heavy (non-hydrogen) atoms. The van der Waals surface area contributed by atoms with Gasteiger partial charge in [-0.05, 0) is 81.4 Å². The van der Waals surface area contributed by atoms with Crippen LogP contribution in [-0.2, 0) is 48.0 Å². The average Bonchev–Trinajstić information content (AvgIpc) is 3.99. The zero-order valence-electron chi connectivity index (χ0n) is 39.8. The van der Waals surface area contributed by atoms with Gasteiger partial charge in [-0.2, -0.15) is 0 Å². The van der Waals surface area contributed by atoms with Crippen molar-refractivity contribution < 1.29 is 33.4 Å². The number of ether oxygens (including phenoxy) is 2. The Bertz CT molecular complexity index is 2590. The molecular formula is C49H62N9O7SSi. The number of fused-ring (bicyclic) bond motifs is 7. The Kier molecular flexibility index (Phi) is 13.6. The normalized spacial score (nSPS) is 23.8. The number of cyclic esters (lactones) is 1. The maximum Gasteiger partial charge on any atom is 0.323 e. The number of nitrogens with zero attached hydrogens (tertiary/aromatic N) is 7. The van der Waals surface area contributed by atoms with E-state index in [1.54, 1.807) is 30.2 Å². The first kappa shape index (κ1) is 48.0. The van der Waals surface area contributed by atoms with Gasteiger partial charge in [0.25, 0.3) is 5.91 Å². The minimum atomic E-state index is -1.42. The van der Waals surface area contributed by atoms with Crippen LogP contribution in [0.5, 0.6) is 0 Å². The van der Waals surface area contributed by atoms with Crippen LogP contribution < -0.4 is 10.7 Å². The minimum absolute atomic E-state index is 0.0532. The van der Waals surface area contributed by atoms with E-state index in [1.807, 2.05) is 32.2 Å². The molecule has 4 aliphatic heterocycles. The Morgan fingerprint density at radius 1 is 1.15 bits per heavy atom. The topological polar surface area (TPSA) is 172 Å². The first-order valence-corrected chi connectivity index (χ1v) is 24.6. The van der Waals surface area contributed by atoms with E-state index < -0.39 is 40.4 Å². The zero-order chi connectivity index (χ0) is 48.1. The molecule has 0 unspecified atom stereocenters. The number of carbonyl (C=O) groups excluding carboxylic acids is 5. The molecule has 0 aliphatic carbocycles. The summed E-state index contributed by atoms with van der Waals surface area (Å²) in [5.74, 6) is -2.00. The summed E-state index contributed by atoms with van der Waals surface area (Å²) >= 11 is 1.40. The quantitative estimate of drug-likeness (QED) is 0.128. The third-order valence-electron chi connectivity index (χ3n) is 13.9. The first-order valence-electron chi connectivity index (χ1n) is 23.3. The number of aryl methyl sites for hydroxylation is 1. The SMILES string of the molecule is C=CC(=O)N1CC[C@H]2[C@@H]1CN2C(=O)N(C)[C@H](C(=O)N[C@H]1Cc2nc(cs2)-c2ccc3c(c2)c(c(-c2cccnc2[C@H](C)OC)n3CC)CC(C)(C)COC(=O)[C@@]2([Si])CCCN(N2)C1=O)C(C)C. The largest absolute Gasteiger partial charge is 0.464 e. The van der Waals surface area contributed by atoms with Crippen LogP contribution in [0.3, 0.4) is 0 Å². The molecule has 0 saturated carbocycles. The van der Waals surface area contributed by atoms with E-state index in [2.05, 4.69) is 77.2 Å². The monoisotopic (exact) mass is 948 g/mol. The van der Waals surface area contributed by atoms with Crippen LogP contribution in [0.25, 0.3) is 33.4 Å². The molecule has 1 aromatic carbocycles. The number of benzene rings is 1. The molecule has 3 fully saturated rings. The number of hydrazine groups is 1. The van der Waals surface area contributed by atoms with E-state index >= 15 is 0 Å². The Hall–Kier alpha value is -5.43. The second-order valence-corrected chi connectivity index (χ2v) is 21.2. The average molecular weight is 949 g/mol. The third-order valence-corrected chi connectivity index (χ3v) is 15.3. The molecule has 0 spiro atoms. The predicted molar refractivity (Wildman–Crippen MR) is 257 cm³/mol. The van der Waals surface area contributed by atoms with Crippen molar-refractivity contribution in [1.29, 1.82) is 0 Å². The molecule has 8 rings (SSSR count). The summed E-state index contributed by atoms with van der Waals surface area (Å²) in [5.41, 5.74) is 9.14. The highest BCUT2D eigenvalue weighted by molar-refractivity contribution is 7.10. The number of aromatic nitrogens is 3. The second-order valence-electron chi connectivity index (χ2n) is 19.4. The van der Waals surface area contributed by atoms with Gasteiger partial charge in [0.05, 0.1) is 57.1 Å². The summed E-state index contributed by atoms with van der Waals surface area (Å²) in [6.45, 7) is 17.6. The molecule has 3 aromatic heterocycles. The lowest BCUT2D eigenvalue weighted by molar-refractivity contribution is -0.158. The van der Waals surface area contributed by atoms with Gasteiger partial charge in [0, 0.05) is 85.8 Å². The van der Waals surface area contributed by atoms with Crippen LogP contribution in [-0.4, -0.2) is 144 Å². The van der Waals surface area contributed by atoms with Crippen molar-refractivity contribution in [2.45, 2.75) is 116 Å². The number of urea groups is 1. The lowest BCUT2D eigenvalue weighted by Gasteiger charge is -2.48. The number of esters is 1. The number of hydrogen-bond donors (Lipinski definition) is 2. The van der Waals surface area contributed by atoms with Crippen LogP contribution in [0, 0.1) is 11.3 Å². The highest BCUT2D eigenvalue weighted by Crippen LogP contribution is 2.42. The van der Waals surface area contributed by atoms with Gasteiger partial charge < -0.3 is 34.1 Å². The Balaban J connectivity index is 1.16. The van der Waals surface area contributed by atoms with Crippen molar-refractivity contribution in [3.63, 3.8) is 0 Å². The maximum atomic E-state index is 14.8. The van der Waals surface area contributed by atoms with E-state index in [-0.39, 0.29) is 55.6 Å². The fourth-order valence-electron chi connectivity index (χ4n) is 10.4. The van der Waals surface area contributed by atoms with Gasteiger partial charge in [-0.15, -0.1) is 11.3 Å². The molecule has 18 heteroatoms. The van der Waals surface area contributed by atoms with E-state index in [1.165, 1.54) is 27.3 Å². The number of hydrogen-bond acceptors (Lipinski definition) is 11. The van der Waals surface area contributed by atoms with Gasteiger partial charge in [-0.1, -0.05) is 40.3 Å². The van der Waals surface area contributed by atoms with Crippen molar-refractivity contribution in [3.8, 4) is 22.5 Å². The number of carbonyl (C=O) groups is 5. The van der Waals surface area contributed by atoms with Gasteiger partial charge in [-0.25, -0.2) is 15.2 Å². The van der Waals surface area contributed by atoms with Gasteiger partial charge >= 0.3 is 12.0 Å². The van der Waals surface area contributed by atoms with Crippen LogP contribution in [0.2, 0.25) is 0 Å². The Morgan fingerprint density at radius 2 is 1.93 bits per heavy atom. The van der Waals surface area contributed by atoms with Crippen LogP contribution in [0.4, 0.5) is 4.79 Å². The summed E-state index contributed by atoms with van der Waals surface area (Å²) in [7, 11) is 7.01. The molecule has 6 atom stereocenters. The Labute approximate surface area is 399 Å². The van der Waals surface area contributed by atoms with Crippen LogP contribution in [0.1, 0.15) is 83.2 Å². The summed E-state index contributed by atoms with van der Waals surface area (Å²) in [5, 5.41) is 6.62. The number of amides is 5. The summed E-state index contributed by atoms with van der Waals surface area (Å²) < 4.78 is 14.3. The molecule has 16 nitrogen and oxygen atoms in total. The standard InChI is InChI=1S/C49H62N9O7SSi/c1-10-40(59)56-21-17-37-38(56)25-57(37)47(63)54(8)42(28(3)4)44(60)52-34-23-39-51-35(26-66-39)30-15-16-36-32(22-30)33(43(55(36)11-2)31-14-12-19-50-41(31)29(5)64-9)24-48(6,7)27-65-46(62)49(67)18-13-20-58(53-49)45(34)61/h10,12,14-16,19,22,26,28-29,34,37-38,42,53H,1,11,13,17-18,20-21,23-25,27H2,2-9H3,(H,52,60)/t29-,34-,37-,38-,42-,49-/m0/s1. The fraction of sp³-hybridized carbons (Fsp3) is 0.531. The molecule has 2 N–H and O–H groups in total. The first-order chi connectivity index (χ1) is 31.9. The molecule has 4 aliphatic rings. The number of nitrogens with one attached hydrogen (secondary N) is 2. The molecule has 4 aromatic rings. The summed E-state index contributed by atoms with van der Waals surface area (Å²) in [6.07, 6.45) is 4.87. The molecular weight excluding hydrogens is 887 g/mol. The number of likely N-dealkylation sites (N-methyl/N-ethyl adjacent to an activating group) is 1. The Morgan fingerprint density at radius 3 is 2.64 bits per heavy atom. The number of methoxy groups -OCH3 is 1. The number of likely N-dealkylation sites (tertiary alicyclic amines) is 2. The predicted octanol–water partition coefficient (Wildman–Crippen LogP) is 5.25. The van der Waals surface area contributed by atoms with Crippen molar-refractivity contribution in [2.24, 2.45) is 11.3 Å². The van der Waals surface area contributed by atoms with Gasteiger partial charge in [-0.3, -0.25) is 29.2 Å². The molecule has 3 radical (unpaired) electrons. The summed E-state index contributed by atoms with van der Waals surface area (Å²) in [6, 6.07) is 7.77. The van der Waals surface area contributed by atoms with Crippen molar-refractivity contribution >= 4 is 62.2 Å². The van der Waals surface area contributed by atoms with Gasteiger partial charge in [0.1, 0.15) is 17.2 Å². The van der Waals surface area contributed by atoms with E-state index in [0.29, 0.717) is 50.3 Å². The third kappa shape index (κ3) is 9.04. The van der Waals surface area contributed by atoms with Crippen LogP contribution >= 0.6 is 11.3 Å².